The van der Waals surface area contributed by atoms with Crippen LogP contribution < -0.4 is 5.32 Å². The first-order valence-electron chi connectivity index (χ1n) is 12.5. The fourth-order valence-electron chi connectivity index (χ4n) is 5.21. The molecule has 3 aliphatic heterocycles. The molecule has 4 unspecified atom stereocenters. The van der Waals surface area contributed by atoms with Crippen molar-refractivity contribution in [3.8, 4) is 0 Å². The molecule has 0 spiro atoms. The van der Waals surface area contributed by atoms with Crippen molar-refractivity contribution in [3.05, 3.63) is 0 Å². The lowest BCUT2D eigenvalue weighted by molar-refractivity contribution is -0.158. The van der Waals surface area contributed by atoms with E-state index >= 15 is 0 Å². The van der Waals surface area contributed by atoms with Crippen molar-refractivity contribution in [3.63, 3.8) is 0 Å². The third-order valence-corrected chi connectivity index (χ3v) is 6.86. The number of amides is 4. The number of hydrogen-bond acceptors (Lipinski definition) is 6. The lowest BCUT2D eigenvalue weighted by atomic mass is 9.99. The maximum atomic E-state index is 13.5. The highest BCUT2D eigenvalue weighted by atomic mass is 16.5. The molecular formula is C24H38N4O6. The lowest BCUT2D eigenvalue weighted by Gasteiger charge is -2.38. The Morgan fingerprint density at radius 1 is 0.882 bits per heavy atom. The smallest absolute Gasteiger partial charge is 0.329 e. The van der Waals surface area contributed by atoms with Gasteiger partial charge >= 0.3 is 5.97 Å². The number of carbonyl (C=O) groups is 5. The zero-order chi connectivity index (χ0) is 24.8. The summed E-state index contributed by atoms with van der Waals surface area (Å²) >= 11 is 0. The Balaban J connectivity index is 1.59. The minimum absolute atomic E-state index is 0.0111. The summed E-state index contributed by atoms with van der Waals surface area (Å²) in [7, 11) is 0. The molecule has 3 saturated heterocycles. The van der Waals surface area contributed by atoms with Crippen molar-refractivity contribution in [1.29, 1.82) is 0 Å². The summed E-state index contributed by atoms with van der Waals surface area (Å²) in [5, 5.41) is 2.91. The zero-order valence-corrected chi connectivity index (χ0v) is 20.5. The van der Waals surface area contributed by atoms with Crippen molar-refractivity contribution >= 4 is 30.1 Å². The van der Waals surface area contributed by atoms with Gasteiger partial charge in [0.2, 0.25) is 24.1 Å². The number of likely N-dealkylation sites (tertiary alicyclic amines) is 3. The third-order valence-electron chi connectivity index (χ3n) is 6.86. The van der Waals surface area contributed by atoms with Gasteiger partial charge in [-0.2, -0.15) is 0 Å². The molecule has 0 saturated carbocycles. The van der Waals surface area contributed by atoms with Crippen LogP contribution in [0, 0.1) is 0 Å². The van der Waals surface area contributed by atoms with Gasteiger partial charge in [0.1, 0.15) is 24.2 Å². The molecule has 0 bridgehead atoms. The second-order valence-electron chi connectivity index (χ2n) is 9.90. The normalized spacial score (nSPS) is 25.9. The molecule has 1 N–H and O–H groups in total. The van der Waals surface area contributed by atoms with Gasteiger partial charge in [-0.05, 0) is 65.7 Å². The van der Waals surface area contributed by atoms with Crippen LogP contribution in [-0.4, -0.2) is 94.7 Å². The fraction of sp³-hybridized carbons (Fsp3) is 0.792. The molecule has 3 rings (SSSR count). The van der Waals surface area contributed by atoms with Crippen LogP contribution in [0.5, 0.6) is 0 Å². The van der Waals surface area contributed by atoms with Crippen LogP contribution in [0.15, 0.2) is 0 Å². The number of nitrogens with one attached hydrogen (secondary N) is 1. The number of piperidine rings is 1. The Bertz CT molecular complexity index is 787. The second kappa shape index (κ2) is 11.7. The summed E-state index contributed by atoms with van der Waals surface area (Å²) in [6.45, 7) is 6.94. The van der Waals surface area contributed by atoms with Gasteiger partial charge in [-0.3, -0.25) is 19.2 Å². The van der Waals surface area contributed by atoms with Crippen molar-refractivity contribution in [2.24, 2.45) is 0 Å². The summed E-state index contributed by atoms with van der Waals surface area (Å²) < 4.78 is 5.46. The highest BCUT2D eigenvalue weighted by Gasteiger charge is 2.41. The molecule has 0 aromatic heterocycles. The first kappa shape index (κ1) is 26.0. The minimum Gasteiger partial charge on any atom is -0.461 e. The van der Waals surface area contributed by atoms with E-state index in [1.54, 1.807) is 16.7 Å². The number of esters is 1. The standard InChI is InChI=1S/C24H38N4O6/c1-16(2)25-22(31)18-8-4-5-12-28(18)23(32)19-9-7-13-27(19)21(30)14-17(3)34-24(33)20-10-6-11-26(20)15-29/h15-20H,4-14H2,1-3H3,(H,25,31). The average molecular weight is 479 g/mol. The van der Waals surface area contributed by atoms with Crippen LogP contribution >= 0.6 is 0 Å². The van der Waals surface area contributed by atoms with Gasteiger partial charge in [0, 0.05) is 25.7 Å². The van der Waals surface area contributed by atoms with Crippen LogP contribution in [0.4, 0.5) is 0 Å². The predicted molar refractivity (Wildman–Crippen MR) is 123 cm³/mol. The molecule has 0 aromatic carbocycles. The van der Waals surface area contributed by atoms with Gasteiger partial charge in [0.25, 0.3) is 0 Å². The summed E-state index contributed by atoms with van der Waals surface area (Å²) in [6, 6.07) is -1.70. The minimum atomic E-state index is -0.662. The largest absolute Gasteiger partial charge is 0.461 e. The van der Waals surface area contributed by atoms with E-state index in [1.165, 1.54) is 4.90 Å². The number of ether oxygens (including phenoxy) is 1. The number of nitrogens with zero attached hydrogens (tertiary/aromatic N) is 3. The molecule has 190 valence electrons. The molecule has 34 heavy (non-hydrogen) atoms. The quantitative estimate of drug-likeness (QED) is 0.408. The van der Waals surface area contributed by atoms with Crippen LogP contribution in [0.3, 0.4) is 0 Å². The monoisotopic (exact) mass is 478 g/mol. The summed E-state index contributed by atoms with van der Waals surface area (Å²) in [5.41, 5.74) is 0. The summed E-state index contributed by atoms with van der Waals surface area (Å²) in [4.78, 5) is 67.4. The third kappa shape index (κ3) is 6.07. The van der Waals surface area contributed by atoms with Crippen molar-refractivity contribution in [2.75, 3.05) is 19.6 Å². The molecule has 0 radical (unpaired) electrons. The van der Waals surface area contributed by atoms with Gasteiger partial charge in [-0.25, -0.2) is 4.79 Å². The van der Waals surface area contributed by atoms with Crippen molar-refractivity contribution < 1.29 is 28.7 Å². The fourth-order valence-corrected chi connectivity index (χ4v) is 5.21. The molecule has 0 aromatic rings. The van der Waals surface area contributed by atoms with Gasteiger partial charge in [-0.1, -0.05) is 0 Å². The van der Waals surface area contributed by atoms with E-state index < -0.39 is 30.2 Å². The van der Waals surface area contributed by atoms with Gasteiger partial charge in [0.15, 0.2) is 0 Å². The summed E-state index contributed by atoms with van der Waals surface area (Å²) in [5.74, 6) is -1.05. The van der Waals surface area contributed by atoms with E-state index in [4.69, 9.17) is 4.74 Å². The molecule has 3 aliphatic rings. The Morgan fingerprint density at radius 3 is 2.24 bits per heavy atom. The van der Waals surface area contributed by atoms with Gasteiger partial charge in [-0.15, -0.1) is 0 Å². The van der Waals surface area contributed by atoms with Crippen molar-refractivity contribution in [2.45, 2.75) is 102 Å². The average Bonchev–Trinajstić information content (AvgIpc) is 3.47. The molecule has 0 aliphatic carbocycles. The van der Waals surface area contributed by atoms with Crippen LogP contribution in [0.2, 0.25) is 0 Å². The Labute approximate surface area is 201 Å². The Morgan fingerprint density at radius 2 is 1.53 bits per heavy atom. The first-order chi connectivity index (χ1) is 16.2. The maximum absolute atomic E-state index is 13.5. The van der Waals surface area contributed by atoms with Crippen LogP contribution in [0.25, 0.3) is 0 Å². The molecule has 3 fully saturated rings. The highest BCUT2D eigenvalue weighted by Crippen LogP contribution is 2.26. The molecule has 4 atom stereocenters. The van der Waals surface area contributed by atoms with E-state index in [9.17, 15) is 24.0 Å². The maximum Gasteiger partial charge on any atom is 0.329 e. The SMILES string of the molecule is CC(C)NC(=O)C1CCCCN1C(=O)C1CCCN1C(=O)CC(C)OC(=O)C1CCCN1C=O. The molecular weight excluding hydrogens is 440 g/mol. The van der Waals surface area contributed by atoms with Crippen LogP contribution in [-0.2, 0) is 28.7 Å². The topological polar surface area (TPSA) is 116 Å². The van der Waals surface area contributed by atoms with E-state index in [1.807, 2.05) is 13.8 Å². The van der Waals surface area contributed by atoms with E-state index in [0.29, 0.717) is 51.7 Å². The van der Waals surface area contributed by atoms with Gasteiger partial charge in [0.05, 0.1) is 6.42 Å². The number of rotatable bonds is 8. The van der Waals surface area contributed by atoms with Gasteiger partial charge < -0.3 is 24.8 Å². The lowest BCUT2D eigenvalue weighted by Crippen LogP contribution is -2.57. The molecule has 10 nitrogen and oxygen atoms in total. The molecule has 3 heterocycles. The summed E-state index contributed by atoms with van der Waals surface area (Å²) in [6.07, 6.45) is 4.89. The highest BCUT2D eigenvalue weighted by molar-refractivity contribution is 5.93. The van der Waals surface area contributed by atoms with Crippen LogP contribution in [0.1, 0.15) is 72.1 Å². The Hall–Kier alpha value is -2.65. The second-order valence-corrected chi connectivity index (χ2v) is 9.90. The number of hydrogen-bond donors (Lipinski definition) is 1. The van der Waals surface area contributed by atoms with Crippen molar-refractivity contribution in [1.82, 2.24) is 20.0 Å². The molecule has 4 amide bonds. The first-order valence-corrected chi connectivity index (χ1v) is 12.5. The van der Waals surface area contributed by atoms with E-state index in [-0.39, 0.29) is 30.2 Å². The predicted octanol–water partition coefficient (Wildman–Crippen LogP) is 0.826. The number of carbonyl (C=O) groups excluding carboxylic acids is 5. The molecule has 10 heteroatoms. The van der Waals surface area contributed by atoms with E-state index in [0.717, 1.165) is 19.3 Å². The Kier molecular flexibility index (Phi) is 8.90. The zero-order valence-electron chi connectivity index (χ0n) is 20.5. The van der Waals surface area contributed by atoms with E-state index in [2.05, 4.69) is 5.32 Å².